The number of guanidine groups is 1. The number of aromatic nitrogens is 1. The average molecular weight is 405 g/mol. The Morgan fingerprint density at radius 2 is 1.90 bits per heavy atom. The van der Waals surface area contributed by atoms with Crippen LogP contribution in [0.4, 0.5) is 23.0 Å². The number of rotatable bonds is 2. The van der Waals surface area contributed by atoms with E-state index in [9.17, 15) is 5.26 Å². The number of fused-ring (bicyclic) bond motifs is 1. The molecule has 0 amide bonds. The van der Waals surface area contributed by atoms with Crippen LogP contribution in [0.25, 0.3) is 0 Å². The Morgan fingerprint density at radius 1 is 1.17 bits per heavy atom. The van der Waals surface area contributed by atoms with Gasteiger partial charge in [0, 0.05) is 35.8 Å². The molecule has 9 nitrogen and oxygen atoms in total. The lowest BCUT2D eigenvalue weighted by Gasteiger charge is -2.29. The summed E-state index contributed by atoms with van der Waals surface area (Å²) in [7, 11) is 0. The van der Waals surface area contributed by atoms with Gasteiger partial charge < -0.3 is 21.7 Å². The highest BCUT2D eigenvalue weighted by atomic mass is 32.2. The maximum Gasteiger partial charge on any atom is 0.211 e. The zero-order valence-electron chi connectivity index (χ0n) is 15.5. The summed E-state index contributed by atoms with van der Waals surface area (Å²) in [6, 6.07) is 9.60. The number of thioether (sulfide) groups is 1. The molecule has 1 atom stereocenters. The molecule has 0 spiro atoms. The number of nitriles is 2. The van der Waals surface area contributed by atoms with Gasteiger partial charge in [-0.05, 0) is 17.7 Å². The highest BCUT2D eigenvalue weighted by Gasteiger charge is 2.29. The zero-order valence-corrected chi connectivity index (χ0v) is 16.3. The molecule has 29 heavy (non-hydrogen) atoms. The lowest BCUT2D eigenvalue weighted by Crippen LogP contribution is -2.33. The number of nitrogens with zero attached hydrogens (tertiary/aromatic N) is 5. The van der Waals surface area contributed by atoms with Crippen LogP contribution >= 0.6 is 11.8 Å². The SMILES string of the molecule is N#CNC1=NC(c2ccc(N3CCSCC3)cc2)c2c(nc(N)c(C#N)c2N)N1. The molecule has 1 saturated heterocycles. The first-order chi connectivity index (χ1) is 14.1. The van der Waals surface area contributed by atoms with Crippen LogP contribution in [-0.2, 0) is 0 Å². The molecule has 1 aromatic carbocycles. The molecule has 2 aromatic rings. The van der Waals surface area contributed by atoms with Crippen molar-refractivity contribution < 1.29 is 0 Å². The number of benzene rings is 1. The van der Waals surface area contributed by atoms with Crippen molar-refractivity contribution in [1.29, 1.82) is 10.5 Å². The van der Waals surface area contributed by atoms with Crippen LogP contribution < -0.4 is 27.0 Å². The third-order valence-electron chi connectivity index (χ3n) is 4.94. The summed E-state index contributed by atoms with van der Waals surface area (Å²) in [5.41, 5.74) is 15.1. The predicted octanol–water partition coefficient (Wildman–Crippen LogP) is 1.61. The number of nitrogen functional groups attached to an aromatic ring is 2. The van der Waals surface area contributed by atoms with Crippen LogP contribution in [0.5, 0.6) is 0 Å². The average Bonchev–Trinajstić information content (AvgIpc) is 2.74. The number of nitrogens with two attached hydrogens (primary N) is 2. The van der Waals surface area contributed by atoms with E-state index in [4.69, 9.17) is 16.7 Å². The van der Waals surface area contributed by atoms with Crippen molar-refractivity contribution in [2.45, 2.75) is 6.04 Å². The van der Waals surface area contributed by atoms with E-state index < -0.39 is 6.04 Å². The molecule has 6 N–H and O–H groups in total. The largest absolute Gasteiger partial charge is 0.397 e. The minimum Gasteiger partial charge on any atom is -0.397 e. The molecule has 1 aromatic heterocycles. The van der Waals surface area contributed by atoms with Gasteiger partial charge in [0.2, 0.25) is 5.96 Å². The van der Waals surface area contributed by atoms with Crippen LogP contribution in [0, 0.1) is 22.8 Å². The van der Waals surface area contributed by atoms with E-state index in [0.29, 0.717) is 11.4 Å². The third kappa shape index (κ3) is 3.46. The number of hydrogen-bond donors (Lipinski definition) is 4. The molecule has 0 radical (unpaired) electrons. The molecule has 0 bridgehead atoms. The molecular formula is C19H19N9S. The topological polar surface area (TPSA) is 152 Å². The highest BCUT2D eigenvalue weighted by Crippen LogP contribution is 2.40. The first-order valence-electron chi connectivity index (χ1n) is 9.04. The summed E-state index contributed by atoms with van der Waals surface area (Å²) < 4.78 is 0. The van der Waals surface area contributed by atoms with Gasteiger partial charge in [-0.2, -0.15) is 22.3 Å². The number of anilines is 4. The van der Waals surface area contributed by atoms with Gasteiger partial charge in [-0.15, -0.1) is 0 Å². The second-order valence-electron chi connectivity index (χ2n) is 6.59. The van der Waals surface area contributed by atoms with Gasteiger partial charge >= 0.3 is 0 Å². The van der Waals surface area contributed by atoms with Crippen molar-refractivity contribution in [2.24, 2.45) is 4.99 Å². The molecular weight excluding hydrogens is 386 g/mol. The van der Waals surface area contributed by atoms with Crippen molar-refractivity contribution in [3.8, 4) is 12.3 Å². The summed E-state index contributed by atoms with van der Waals surface area (Å²) in [6.45, 7) is 2.05. The molecule has 0 saturated carbocycles. The predicted molar refractivity (Wildman–Crippen MR) is 115 cm³/mol. The highest BCUT2D eigenvalue weighted by molar-refractivity contribution is 7.99. The van der Waals surface area contributed by atoms with Gasteiger partial charge in [0.15, 0.2) is 6.19 Å². The van der Waals surface area contributed by atoms with E-state index >= 15 is 0 Å². The van der Waals surface area contributed by atoms with Crippen LogP contribution in [0.2, 0.25) is 0 Å². The Kier molecular flexibility index (Phi) is 5.02. The molecule has 4 rings (SSSR count). The van der Waals surface area contributed by atoms with E-state index in [2.05, 4.69) is 37.6 Å². The Morgan fingerprint density at radius 3 is 2.55 bits per heavy atom. The minimum absolute atomic E-state index is 0.0338. The first kappa shape index (κ1) is 18.7. The molecule has 2 aliphatic rings. The van der Waals surface area contributed by atoms with E-state index in [-0.39, 0.29) is 23.0 Å². The fourth-order valence-corrected chi connectivity index (χ4v) is 4.41. The summed E-state index contributed by atoms with van der Waals surface area (Å²) in [4.78, 5) is 11.2. The quantitative estimate of drug-likeness (QED) is 0.431. The van der Waals surface area contributed by atoms with Crippen molar-refractivity contribution in [3.05, 3.63) is 41.0 Å². The van der Waals surface area contributed by atoms with Gasteiger partial charge in [0.25, 0.3) is 0 Å². The van der Waals surface area contributed by atoms with Gasteiger partial charge in [-0.25, -0.2) is 9.98 Å². The molecule has 0 aliphatic carbocycles. The van der Waals surface area contributed by atoms with Crippen molar-refractivity contribution in [2.75, 3.05) is 46.3 Å². The van der Waals surface area contributed by atoms with E-state index in [1.807, 2.05) is 36.2 Å². The fourth-order valence-electron chi connectivity index (χ4n) is 3.51. The van der Waals surface area contributed by atoms with Gasteiger partial charge in [0.1, 0.15) is 29.3 Å². The summed E-state index contributed by atoms with van der Waals surface area (Å²) in [5.74, 6) is 2.91. The van der Waals surface area contributed by atoms with Crippen LogP contribution in [0.15, 0.2) is 29.3 Å². The monoisotopic (exact) mass is 405 g/mol. The Bertz CT molecular complexity index is 1040. The molecule has 10 heteroatoms. The van der Waals surface area contributed by atoms with E-state index in [1.165, 1.54) is 0 Å². The van der Waals surface area contributed by atoms with Crippen LogP contribution in [0.1, 0.15) is 22.7 Å². The second-order valence-corrected chi connectivity index (χ2v) is 7.82. The Hall–Kier alpha value is -3.63. The normalized spacial score (nSPS) is 17.9. The molecule has 3 heterocycles. The molecule has 2 aliphatic heterocycles. The van der Waals surface area contributed by atoms with Crippen LogP contribution in [0.3, 0.4) is 0 Å². The first-order valence-corrected chi connectivity index (χ1v) is 10.2. The summed E-state index contributed by atoms with van der Waals surface area (Å²) in [6.07, 6.45) is 1.85. The maximum atomic E-state index is 9.41. The Labute approximate surface area is 172 Å². The van der Waals surface area contributed by atoms with Crippen LogP contribution in [-0.4, -0.2) is 35.5 Å². The zero-order chi connectivity index (χ0) is 20.4. The number of nitrogens with one attached hydrogen (secondary N) is 2. The number of aliphatic imine (C=N–C) groups is 1. The number of pyridine rings is 1. The minimum atomic E-state index is -0.520. The van der Waals surface area contributed by atoms with Gasteiger partial charge in [0.05, 0.1) is 5.69 Å². The standard InChI is InChI=1S/C19H19N9S/c20-9-13-15(22)14-16(25-19(24-10-21)27-18(14)26-17(13)23)11-1-3-12(4-2-11)28-5-7-29-8-6-28/h1-4,16H,5-8H2,(H6,22,23,24,25,26,27). The van der Waals surface area contributed by atoms with Crippen molar-refractivity contribution in [1.82, 2.24) is 10.3 Å². The molecule has 1 fully saturated rings. The van der Waals surface area contributed by atoms with E-state index in [1.54, 1.807) is 0 Å². The summed E-state index contributed by atoms with van der Waals surface area (Å²) in [5, 5.41) is 23.8. The second kappa shape index (κ2) is 7.78. The fraction of sp³-hybridized carbons (Fsp3) is 0.263. The Balaban J connectivity index is 1.76. The van der Waals surface area contributed by atoms with E-state index in [0.717, 1.165) is 35.8 Å². The van der Waals surface area contributed by atoms with Crippen molar-refractivity contribution >= 4 is 40.7 Å². The molecule has 1 unspecified atom stereocenters. The maximum absolute atomic E-state index is 9.41. The lowest BCUT2D eigenvalue weighted by molar-refractivity contribution is 0.838. The number of hydrogen-bond acceptors (Lipinski definition) is 10. The summed E-state index contributed by atoms with van der Waals surface area (Å²) >= 11 is 1.97. The lowest BCUT2D eigenvalue weighted by atomic mass is 9.95. The smallest absolute Gasteiger partial charge is 0.211 e. The third-order valence-corrected chi connectivity index (χ3v) is 5.89. The van der Waals surface area contributed by atoms with Gasteiger partial charge in [-0.3, -0.25) is 5.32 Å². The molecule has 146 valence electrons. The van der Waals surface area contributed by atoms with Crippen molar-refractivity contribution in [3.63, 3.8) is 0 Å². The van der Waals surface area contributed by atoms with Gasteiger partial charge in [-0.1, -0.05) is 12.1 Å².